The molecule has 6 aromatic carbocycles. The highest BCUT2D eigenvalue weighted by Gasteiger charge is 2.24. The molecule has 0 aliphatic heterocycles. The number of rotatable bonds is 4. The van der Waals surface area contributed by atoms with Gasteiger partial charge in [-0.3, -0.25) is 9.59 Å². The summed E-state index contributed by atoms with van der Waals surface area (Å²) in [4.78, 5) is 48.1. The van der Waals surface area contributed by atoms with Gasteiger partial charge in [0.25, 0.3) is 0 Å². The standard InChI is InChI=1S/C24H14N2O6.C8H10/c25-21(27)13-5-1-9-11-3-7-15(23(29)30)20-16(24(31)32)8-4-12(18(11)20)10-2-6-14(22(26)28)19(13)17(9)10;1-7-4-3-5-8(2)6-7/h1-8H,(H2,25,27)(H2,26,28)(H,29,30)(H,31,32);3-6H,1-2H3. The SMILES string of the molecule is Cc1cccc(C)c1.NC(=O)c1ccc2c3ccc(C(=O)O)c4c(C(=O)O)ccc(c5ccc(C(N)=O)c1c25)c43. The quantitative estimate of drug-likeness (QED) is 0.170. The molecule has 0 bridgehead atoms. The van der Waals surface area contributed by atoms with Crippen molar-refractivity contribution < 1.29 is 29.4 Å². The number of aryl methyl sites for hydroxylation is 2. The van der Waals surface area contributed by atoms with Gasteiger partial charge in [0.15, 0.2) is 0 Å². The lowest BCUT2D eigenvalue weighted by atomic mass is 9.84. The third kappa shape index (κ3) is 4.12. The molecule has 8 nitrogen and oxygen atoms in total. The number of carbonyl (C=O) groups excluding carboxylic acids is 2. The smallest absolute Gasteiger partial charge is 0.336 e. The zero-order chi connectivity index (χ0) is 28.9. The van der Waals surface area contributed by atoms with Crippen molar-refractivity contribution in [2.24, 2.45) is 11.5 Å². The molecular formula is C32H24N2O6. The van der Waals surface area contributed by atoms with Crippen LogP contribution in [0.1, 0.15) is 52.6 Å². The lowest BCUT2D eigenvalue weighted by Crippen LogP contribution is -2.16. The fourth-order valence-corrected chi connectivity index (χ4v) is 5.46. The highest BCUT2D eigenvalue weighted by molar-refractivity contribution is 6.38. The second-order valence-corrected chi connectivity index (χ2v) is 9.64. The first-order chi connectivity index (χ1) is 19.0. The summed E-state index contributed by atoms with van der Waals surface area (Å²) in [6.45, 7) is 4.21. The second kappa shape index (κ2) is 9.67. The van der Waals surface area contributed by atoms with Gasteiger partial charge in [-0.15, -0.1) is 0 Å². The Hall–Kier alpha value is -5.50. The summed E-state index contributed by atoms with van der Waals surface area (Å²) in [5.41, 5.74) is 13.8. The number of aromatic carboxylic acids is 2. The van der Waals surface area contributed by atoms with Gasteiger partial charge in [0.05, 0.1) is 11.1 Å². The Labute approximate surface area is 227 Å². The fourth-order valence-electron chi connectivity index (χ4n) is 5.46. The van der Waals surface area contributed by atoms with Gasteiger partial charge in [-0.25, -0.2) is 9.59 Å². The molecule has 0 saturated heterocycles. The second-order valence-electron chi connectivity index (χ2n) is 9.64. The molecule has 198 valence electrons. The monoisotopic (exact) mass is 532 g/mol. The zero-order valence-corrected chi connectivity index (χ0v) is 21.6. The lowest BCUT2D eigenvalue weighted by molar-refractivity contribution is 0.0695. The van der Waals surface area contributed by atoms with E-state index in [0.29, 0.717) is 37.7 Å². The number of carbonyl (C=O) groups is 4. The van der Waals surface area contributed by atoms with Crippen molar-refractivity contribution in [1.29, 1.82) is 0 Å². The van der Waals surface area contributed by atoms with Crippen molar-refractivity contribution in [1.82, 2.24) is 0 Å². The van der Waals surface area contributed by atoms with E-state index in [2.05, 4.69) is 38.1 Å². The molecule has 6 N–H and O–H groups in total. The van der Waals surface area contributed by atoms with E-state index in [1.807, 2.05) is 0 Å². The van der Waals surface area contributed by atoms with Crippen LogP contribution < -0.4 is 11.5 Å². The van der Waals surface area contributed by atoms with Crippen molar-refractivity contribution in [2.45, 2.75) is 13.8 Å². The van der Waals surface area contributed by atoms with Gasteiger partial charge in [-0.05, 0) is 70.4 Å². The molecule has 8 heteroatoms. The van der Waals surface area contributed by atoms with E-state index >= 15 is 0 Å². The molecule has 0 aliphatic rings. The van der Waals surface area contributed by atoms with Crippen LogP contribution >= 0.6 is 0 Å². The Morgan fingerprint density at radius 3 is 1.10 bits per heavy atom. The molecule has 2 amide bonds. The van der Waals surface area contributed by atoms with Gasteiger partial charge in [0, 0.05) is 21.9 Å². The molecular weight excluding hydrogens is 508 g/mol. The van der Waals surface area contributed by atoms with Crippen molar-refractivity contribution in [3.8, 4) is 0 Å². The molecule has 0 fully saturated rings. The van der Waals surface area contributed by atoms with E-state index in [1.165, 1.54) is 35.4 Å². The van der Waals surface area contributed by atoms with Crippen LogP contribution in [0.3, 0.4) is 0 Å². The molecule has 0 saturated carbocycles. The van der Waals surface area contributed by atoms with Gasteiger partial charge in [0.2, 0.25) is 11.8 Å². The Kier molecular flexibility index (Phi) is 6.31. The van der Waals surface area contributed by atoms with Crippen LogP contribution in [-0.4, -0.2) is 34.0 Å². The van der Waals surface area contributed by atoms with Gasteiger partial charge in [0.1, 0.15) is 0 Å². The Bertz CT molecular complexity index is 1790. The molecule has 0 aromatic heterocycles. The largest absolute Gasteiger partial charge is 0.478 e. The third-order valence-corrected chi connectivity index (χ3v) is 7.07. The molecule has 6 aromatic rings. The number of carboxylic acid groups (broad SMARTS) is 2. The number of hydrogen-bond acceptors (Lipinski definition) is 4. The molecule has 0 heterocycles. The highest BCUT2D eigenvalue weighted by atomic mass is 16.4. The minimum absolute atomic E-state index is 0.108. The van der Waals surface area contributed by atoms with E-state index in [9.17, 15) is 29.4 Å². The Balaban J connectivity index is 0.000000348. The van der Waals surface area contributed by atoms with E-state index < -0.39 is 23.8 Å². The zero-order valence-electron chi connectivity index (χ0n) is 21.6. The van der Waals surface area contributed by atoms with Crippen LogP contribution in [0.15, 0.2) is 72.8 Å². The van der Waals surface area contributed by atoms with E-state index in [0.717, 1.165) is 0 Å². The Morgan fingerprint density at radius 2 is 0.825 bits per heavy atom. The molecule has 0 spiro atoms. The first-order valence-corrected chi connectivity index (χ1v) is 12.3. The first-order valence-electron chi connectivity index (χ1n) is 12.3. The average Bonchev–Trinajstić information content (AvgIpc) is 2.90. The summed E-state index contributed by atoms with van der Waals surface area (Å²) in [6, 6.07) is 20.6. The summed E-state index contributed by atoms with van der Waals surface area (Å²) in [5, 5.41) is 23.3. The Morgan fingerprint density at radius 1 is 0.500 bits per heavy atom. The van der Waals surface area contributed by atoms with Crippen molar-refractivity contribution in [3.05, 3.63) is 106 Å². The summed E-state index contributed by atoms with van der Waals surface area (Å²) in [5.74, 6) is -3.95. The van der Waals surface area contributed by atoms with Gasteiger partial charge in [-0.2, -0.15) is 0 Å². The molecule has 6 rings (SSSR count). The average molecular weight is 533 g/mol. The summed E-state index contributed by atoms with van der Waals surface area (Å²) < 4.78 is 0. The van der Waals surface area contributed by atoms with Gasteiger partial charge >= 0.3 is 11.9 Å². The maximum atomic E-state index is 12.1. The number of amides is 2. The molecule has 0 aliphatic carbocycles. The molecule has 0 radical (unpaired) electrons. The van der Waals surface area contributed by atoms with E-state index in [-0.39, 0.29) is 27.6 Å². The predicted octanol–water partition coefficient (Wildman–Crippen LogP) is 5.63. The summed E-state index contributed by atoms with van der Waals surface area (Å²) in [7, 11) is 0. The number of fused-ring (bicyclic) bond motifs is 2. The maximum Gasteiger partial charge on any atom is 0.336 e. The minimum Gasteiger partial charge on any atom is -0.478 e. The number of benzene rings is 6. The molecule has 0 unspecified atom stereocenters. The number of nitrogens with two attached hydrogens (primary N) is 2. The van der Waals surface area contributed by atoms with Crippen molar-refractivity contribution >= 4 is 66.8 Å². The number of carboxylic acids is 2. The van der Waals surface area contributed by atoms with Crippen LogP contribution in [0.5, 0.6) is 0 Å². The van der Waals surface area contributed by atoms with Crippen LogP contribution in [0.4, 0.5) is 0 Å². The fraction of sp³-hybridized carbons (Fsp3) is 0.0625. The number of hydrogen-bond donors (Lipinski definition) is 4. The van der Waals surface area contributed by atoms with E-state index in [4.69, 9.17) is 11.5 Å². The van der Waals surface area contributed by atoms with Crippen LogP contribution in [-0.2, 0) is 0 Å². The van der Waals surface area contributed by atoms with Gasteiger partial charge < -0.3 is 21.7 Å². The number of primary amides is 2. The predicted molar refractivity (Wildman–Crippen MR) is 155 cm³/mol. The van der Waals surface area contributed by atoms with Crippen LogP contribution in [0, 0.1) is 13.8 Å². The van der Waals surface area contributed by atoms with Crippen LogP contribution in [0.25, 0.3) is 43.1 Å². The minimum atomic E-state index is -1.25. The van der Waals surface area contributed by atoms with Crippen LogP contribution in [0.2, 0.25) is 0 Å². The summed E-state index contributed by atoms with van der Waals surface area (Å²) >= 11 is 0. The molecule has 40 heavy (non-hydrogen) atoms. The normalized spacial score (nSPS) is 11.1. The lowest BCUT2D eigenvalue weighted by Gasteiger charge is -2.18. The van der Waals surface area contributed by atoms with E-state index in [1.54, 1.807) is 24.3 Å². The topological polar surface area (TPSA) is 161 Å². The summed E-state index contributed by atoms with van der Waals surface area (Å²) in [6.07, 6.45) is 0. The van der Waals surface area contributed by atoms with Crippen molar-refractivity contribution in [3.63, 3.8) is 0 Å². The highest BCUT2D eigenvalue weighted by Crippen LogP contribution is 2.43. The maximum absolute atomic E-state index is 12.1. The third-order valence-electron chi connectivity index (χ3n) is 7.07. The first kappa shape index (κ1) is 26.1. The van der Waals surface area contributed by atoms with Gasteiger partial charge in [-0.1, -0.05) is 59.7 Å². The molecule has 0 atom stereocenters. The van der Waals surface area contributed by atoms with Crippen molar-refractivity contribution in [2.75, 3.05) is 0 Å².